The largest absolute Gasteiger partial charge is 0.508 e. The first-order chi connectivity index (χ1) is 16.2. The molecule has 4 N–H and O–H groups in total. The fourth-order valence-electron chi connectivity index (χ4n) is 3.38. The Morgan fingerprint density at radius 1 is 1.12 bits per heavy atom. The molecule has 0 aliphatic heterocycles. The third-order valence-electron chi connectivity index (χ3n) is 4.90. The lowest BCUT2D eigenvalue weighted by Crippen LogP contribution is -2.18. The van der Waals surface area contributed by atoms with Gasteiger partial charge in [0.1, 0.15) is 29.4 Å². The van der Waals surface area contributed by atoms with Crippen LogP contribution in [-0.4, -0.2) is 40.0 Å². The number of anilines is 3. The lowest BCUT2D eigenvalue weighted by atomic mass is 10.0. The fraction of sp³-hybridized carbons (Fsp3) is 0.136. The lowest BCUT2D eigenvalue weighted by Gasteiger charge is -2.12. The van der Waals surface area contributed by atoms with Crippen LogP contribution in [0.3, 0.4) is 0 Å². The highest BCUT2D eigenvalue weighted by Gasteiger charge is 2.27. The number of halogens is 2. The van der Waals surface area contributed by atoms with E-state index in [4.69, 9.17) is 0 Å². The summed E-state index contributed by atoms with van der Waals surface area (Å²) < 4.78 is 56.0. The third kappa shape index (κ3) is 4.53. The van der Waals surface area contributed by atoms with Crippen LogP contribution >= 0.6 is 0 Å². The van der Waals surface area contributed by atoms with Crippen LogP contribution in [0.4, 0.5) is 26.0 Å². The van der Waals surface area contributed by atoms with Gasteiger partial charge in [-0.25, -0.2) is 27.2 Å². The van der Waals surface area contributed by atoms with Crippen molar-refractivity contribution in [2.75, 3.05) is 15.8 Å². The number of aromatic hydroxyl groups is 1. The van der Waals surface area contributed by atoms with Gasteiger partial charge in [0, 0.05) is 11.9 Å². The number of ketones is 1. The molecule has 0 amide bonds. The molecule has 0 fully saturated rings. The number of benzene rings is 2. The van der Waals surface area contributed by atoms with Gasteiger partial charge in [0.05, 0.1) is 28.0 Å². The van der Waals surface area contributed by atoms with Crippen molar-refractivity contribution in [2.45, 2.75) is 13.3 Å². The van der Waals surface area contributed by atoms with Gasteiger partial charge >= 0.3 is 0 Å². The van der Waals surface area contributed by atoms with E-state index in [1.165, 1.54) is 24.7 Å². The second-order valence-electron chi connectivity index (χ2n) is 7.35. The van der Waals surface area contributed by atoms with E-state index >= 15 is 4.39 Å². The number of rotatable bonds is 8. The molecule has 0 unspecified atom stereocenters. The van der Waals surface area contributed by atoms with Crippen LogP contribution in [0, 0.1) is 11.6 Å². The number of aromatic nitrogens is 3. The maximum atomic E-state index is 15.2. The summed E-state index contributed by atoms with van der Waals surface area (Å²) >= 11 is 0. The maximum Gasteiger partial charge on any atom is 0.232 e. The molecule has 0 atom stereocenters. The van der Waals surface area contributed by atoms with Gasteiger partial charge in [0.15, 0.2) is 5.82 Å². The number of phenols is 1. The molecule has 34 heavy (non-hydrogen) atoms. The zero-order valence-corrected chi connectivity index (χ0v) is 18.6. The van der Waals surface area contributed by atoms with Crippen LogP contribution in [0.2, 0.25) is 0 Å². The zero-order valence-electron chi connectivity index (χ0n) is 17.8. The summed E-state index contributed by atoms with van der Waals surface area (Å²) in [7, 11) is -3.87. The number of nitrogens with zero attached hydrogens (tertiary/aromatic N) is 2. The van der Waals surface area contributed by atoms with Crippen molar-refractivity contribution in [3.8, 4) is 5.75 Å². The molecule has 4 rings (SSSR count). The Bertz CT molecular complexity index is 1490. The van der Waals surface area contributed by atoms with Crippen molar-refractivity contribution in [1.82, 2.24) is 15.0 Å². The molecule has 0 saturated carbocycles. The molecule has 0 aliphatic carbocycles. The van der Waals surface area contributed by atoms with Gasteiger partial charge in [0.25, 0.3) is 0 Å². The number of sulfonamides is 1. The minimum absolute atomic E-state index is 0.0521. The van der Waals surface area contributed by atoms with E-state index in [1.807, 2.05) is 0 Å². The lowest BCUT2D eigenvalue weighted by molar-refractivity contribution is 0.103. The summed E-state index contributed by atoms with van der Waals surface area (Å²) in [5.41, 5.74) is -0.806. The second-order valence-corrected chi connectivity index (χ2v) is 9.20. The van der Waals surface area contributed by atoms with Crippen LogP contribution in [-0.2, 0) is 10.0 Å². The number of hydrogen-bond donors (Lipinski definition) is 4. The number of carbonyl (C=O) groups excluding carboxylic acids is 1. The molecule has 4 aromatic rings. The molecule has 0 spiro atoms. The second kappa shape index (κ2) is 9.06. The Kier molecular flexibility index (Phi) is 6.16. The average molecular weight is 487 g/mol. The number of phenolic OH excluding ortho intramolecular Hbond substituents is 1. The number of nitrogens with one attached hydrogen (secondary N) is 3. The Morgan fingerprint density at radius 2 is 1.85 bits per heavy atom. The topological polar surface area (TPSA) is 137 Å². The summed E-state index contributed by atoms with van der Waals surface area (Å²) in [6.07, 6.45) is 2.77. The number of aromatic amines is 1. The van der Waals surface area contributed by atoms with Crippen LogP contribution in [0.15, 0.2) is 48.9 Å². The van der Waals surface area contributed by atoms with Crippen LogP contribution < -0.4 is 10.0 Å². The highest BCUT2D eigenvalue weighted by molar-refractivity contribution is 7.92. The van der Waals surface area contributed by atoms with E-state index < -0.39 is 38.7 Å². The minimum Gasteiger partial charge on any atom is -0.508 e. The summed E-state index contributed by atoms with van der Waals surface area (Å²) in [5, 5.41) is 12.6. The Morgan fingerprint density at radius 3 is 2.56 bits per heavy atom. The first-order valence-corrected chi connectivity index (χ1v) is 11.8. The van der Waals surface area contributed by atoms with Crippen molar-refractivity contribution in [3.05, 3.63) is 71.7 Å². The minimum atomic E-state index is -3.87. The van der Waals surface area contributed by atoms with Gasteiger partial charge in [0.2, 0.25) is 15.8 Å². The van der Waals surface area contributed by atoms with Gasteiger partial charge in [-0.05, 0) is 42.8 Å². The van der Waals surface area contributed by atoms with Crippen molar-refractivity contribution >= 4 is 44.0 Å². The average Bonchev–Trinajstić information content (AvgIpc) is 3.22. The molecule has 0 aliphatic rings. The maximum absolute atomic E-state index is 15.2. The first-order valence-electron chi connectivity index (χ1n) is 10.1. The number of H-pyrrole nitrogens is 1. The third-order valence-corrected chi connectivity index (χ3v) is 6.38. The van der Waals surface area contributed by atoms with Crippen molar-refractivity contribution in [2.24, 2.45) is 0 Å². The number of fused-ring (bicyclic) bond motifs is 1. The van der Waals surface area contributed by atoms with E-state index in [-0.39, 0.29) is 40.3 Å². The van der Waals surface area contributed by atoms with Crippen molar-refractivity contribution in [1.29, 1.82) is 0 Å². The van der Waals surface area contributed by atoms with Crippen LogP contribution in [0.1, 0.15) is 29.3 Å². The predicted molar refractivity (Wildman–Crippen MR) is 123 cm³/mol. The van der Waals surface area contributed by atoms with Crippen LogP contribution in [0.25, 0.3) is 11.0 Å². The van der Waals surface area contributed by atoms with Gasteiger partial charge in [-0.3, -0.25) is 9.52 Å². The molecule has 0 bridgehead atoms. The van der Waals surface area contributed by atoms with E-state index in [2.05, 4.69) is 25.0 Å². The molecule has 0 saturated heterocycles. The summed E-state index contributed by atoms with van der Waals surface area (Å²) in [5.74, 6) is -3.54. The van der Waals surface area contributed by atoms with E-state index in [1.54, 1.807) is 19.1 Å². The van der Waals surface area contributed by atoms with Gasteiger partial charge in [-0.1, -0.05) is 6.92 Å². The van der Waals surface area contributed by atoms with E-state index in [9.17, 15) is 22.7 Å². The molecule has 9 nitrogen and oxygen atoms in total. The molecule has 0 radical (unpaired) electrons. The number of carbonyl (C=O) groups is 1. The molecular formula is C22H19F2N5O4S. The summed E-state index contributed by atoms with van der Waals surface area (Å²) in [6, 6.07) is 7.77. The van der Waals surface area contributed by atoms with Crippen molar-refractivity contribution < 1.29 is 27.1 Å². The smallest absolute Gasteiger partial charge is 0.232 e. The Hall–Kier alpha value is -4.06. The molecule has 2 heterocycles. The normalized spacial score (nSPS) is 11.5. The highest BCUT2D eigenvalue weighted by Crippen LogP contribution is 2.31. The van der Waals surface area contributed by atoms with Gasteiger partial charge in [-0.2, -0.15) is 0 Å². The van der Waals surface area contributed by atoms with E-state index in [0.717, 1.165) is 12.1 Å². The summed E-state index contributed by atoms with van der Waals surface area (Å²) in [4.78, 5) is 24.2. The summed E-state index contributed by atoms with van der Waals surface area (Å²) in [6.45, 7) is 1.64. The monoisotopic (exact) mass is 487 g/mol. The predicted octanol–water partition coefficient (Wildman–Crippen LogP) is 4.07. The molecular weight excluding hydrogens is 468 g/mol. The standard InChI is InChI=1S/C22H19F2N5O4S/c1-2-9-34(32,33)29-16-8-7-15(23)18(19(16)24)20(31)14-10-25-21-17(14)22(27-11-26-21)28-12-3-5-13(30)6-4-12/h3-8,10-11,29-30H,2,9H2,1H3,(H2,25,26,27,28). The molecule has 2 aromatic carbocycles. The first kappa shape index (κ1) is 23.1. The Labute approximate surface area is 192 Å². The van der Waals surface area contributed by atoms with Gasteiger partial charge in [-0.15, -0.1) is 0 Å². The molecule has 2 aromatic heterocycles. The Balaban J connectivity index is 1.78. The zero-order chi connectivity index (χ0) is 24.5. The molecule has 176 valence electrons. The molecule has 12 heteroatoms. The highest BCUT2D eigenvalue weighted by atomic mass is 32.2. The number of hydrogen-bond acceptors (Lipinski definition) is 7. The fourth-order valence-corrected chi connectivity index (χ4v) is 4.51. The van der Waals surface area contributed by atoms with Crippen molar-refractivity contribution in [3.63, 3.8) is 0 Å². The SMILES string of the molecule is CCCS(=O)(=O)Nc1ccc(F)c(C(=O)c2c[nH]c3ncnc(Nc4ccc(O)cc4)c23)c1F. The van der Waals surface area contributed by atoms with E-state index in [0.29, 0.717) is 5.69 Å². The van der Waals surface area contributed by atoms with Crippen LogP contribution in [0.5, 0.6) is 5.75 Å². The van der Waals surface area contributed by atoms with Gasteiger partial charge < -0.3 is 15.4 Å². The quantitative estimate of drug-likeness (QED) is 0.217.